The first-order chi connectivity index (χ1) is 17.9. The zero-order valence-electron chi connectivity index (χ0n) is 21.9. The fraction of sp³-hybridized carbons (Fsp3) is 0.517. The lowest BCUT2D eigenvalue weighted by Crippen LogP contribution is -2.74. The van der Waals surface area contributed by atoms with Crippen molar-refractivity contribution in [3.63, 3.8) is 0 Å². The molecule has 6 rings (SSSR count). The summed E-state index contributed by atoms with van der Waals surface area (Å²) in [5.74, 6) is 0.623. The Labute approximate surface area is 219 Å². The monoisotopic (exact) mass is 503 g/mol. The lowest BCUT2D eigenvalue weighted by atomic mass is 9.71. The van der Waals surface area contributed by atoms with Crippen LogP contribution < -0.4 is 19.9 Å². The van der Waals surface area contributed by atoms with Crippen LogP contribution in [-0.2, 0) is 11.3 Å². The van der Waals surface area contributed by atoms with Crippen LogP contribution in [0, 0.1) is 12.3 Å². The molecule has 0 unspecified atom stereocenters. The second kappa shape index (κ2) is 9.65. The summed E-state index contributed by atoms with van der Waals surface area (Å²) in [6, 6.07) is 14.4. The van der Waals surface area contributed by atoms with E-state index in [1.807, 2.05) is 24.3 Å². The number of carbonyl (C=O) groups is 2. The van der Waals surface area contributed by atoms with Crippen molar-refractivity contribution in [3.05, 3.63) is 53.6 Å². The quantitative estimate of drug-likeness (QED) is 0.653. The Morgan fingerprint density at radius 1 is 1.00 bits per heavy atom. The average molecular weight is 504 g/mol. The Kier molecular flexibility index (Phi) is 6.32. The van der Waals surface area contributed by atoms with E-state index in [-0.39, 0.29) is 18.5 Å². The highest BCUT2D eigenvalue weighted by atomic mass is 16.5. The van der Waals surface area contributed by atoms with Crippen molar-refractivity contribution in [3.8, 4) is 5.75 Å². The summed E-state index contributed by atoms with van der Waals surface area (Å²) in [6.07, 6.45) is 2.88. The van der Waals surface area contributed by atoms with Gasteiger partial charge in [0.2, 0.25) is 5.91 Å². The number of likely N-dealkylation sites (tertiary alicyclic amines) is 1. The van der Waals surface area contributed by atoms with E-state index >= 15 is 0 Å². The van der Waals surface area contributed by atoms with Gasteiger partial charge in [-0.25, -0.2) is 4.79 Å². The third-order valence-electron chi connectivity index (χ3n) is 8.60. The number of urea groups is 1. The molecule has 196 valence electrons. The van der Waals surface area contributed by atoms with Crippen molar-refractivity contribution in [2.75, 3.05) is 62.7 Å². The van der Waals surface area contributed by atoms with Crippen molar-refractivity contribution in [1.82, 2.24) is 15.1 Å². The molecular formula is C29H37N5O3. The highest BCUT2D eigenvalue weighted by Crippen LogP contribution is 2.44. The Morgan fingerprint density at radius 2 is 1.73 bits per heavy atom. The van der Waals surface area contributed by atoms with Crippen molar-refractivity contribution < 1.29 is 14.3 Å². The number of anilines is 2. The number of methoxy groups -OCH3 is 1. The molecule has 0 saturated carbocycles. The number of amides is 3. The van der Waals surface area contributed by atoms with E-state index in [0.29, 0.717) is 18.4 Å². The van der Waals surface area contributed by atoms with Gasteiger partial charge in [0.1, 0.15) is 5.75 Å². The molecule has 2 aromatic carbocycles. The first-order valence-corrected chi connectivity index (χ1v) is 13.5. The van der Waals surface area contributed by atoms with Gasteiger partial charge in [0.15, 0.2) is 0 Å². The minimum Gasteiger partial charge on any atom is -0.497 e. The maximum atomic E-state index is 13.4. The van der Waals surface area contributed by atoms with Gasteiger partial charge in [-0.2, -0.15) is 0 Å². The van der Waals surface area contributed by atoms with E-state index in [0.717, 1.165) is 54.8 Å². The number of hydrogen-bond donors (Lipinski definition) is 1. The Bertz CT molecular complexity index is 1160. The number of ether oxygens (including phenoxy) is 1. The molecule has 4 aliphatic heterocycles. The lowest BCUT2D eigenvalue weighted by molar-refractivity contribution is -0.129. The Hall–Kier alpha value is -3.10. The van der Waals surface area contributed by atoms with Gasteiger partial charge in [-0.1, -0.05) is 12.1 Å². The van der Waals surface area contributed by atoms with Gasteiger partial charge in [0.05, 0.1) is 13.7 Å². The number of carbonyl (C=O) groups excluding carboxylic acids is 2. The summed E-state index contributed by atoms with van der Waals surface area (Å²) >= 11 is 0. The van der Waals surface area contributed by atoms with Crippen LogP contribution in [0.3, 0.4) is 0 Å². The fourth-order valence-corrected chi connectivity index (χ4v) is 6.51. The minimum atomic E-state index is -0.252. The minimum absolute atomic E-state index is 0.128. The van der Waals surface area contributed by atoms with Crippen molar-refractivity contribution >= 4 is 23.3 Å². The van der Waals surface area contributed by atoms with Crippen LogP contribution in [0.5, 0.6) is 5.75 Å². The van der Waals surface area contributed by atoms with E-state index in [9.17, 15) is 9.59 Å². The number of imide groups is 1. The number of piperidine rings is 1. The molecule has 4 heterocycles. The number of nitrogens with zero attached hydrogens (tertiary/aromatic N) is 4. The van der Waals surface area contributed by atoms with Crippen molar-refractivity contribution in [2.24, 2.45) is 5.41 Å². The maximum Gasteiger partial charge on any atom is 0.331 e. The van der Waals surface area contributed by atoms with E-state index in [2.05, 4.69) is 40.2 Å². The zero-order chi connectivity index (χ0) is 25.6. The number of nitrogens with one attached hydrogen (secondary N) is 1. The standard InChI is InChI=1S/C29H37N5O3/c1-21-15-24(32-19-29(20-32)17-31(18-29)23-9-12-30-13-10-23)5-8-26(21)33-14-11-27(35)34(28(33)36)16-22-3-6-25(37-2)7-4-22/h3-8,15,23,30H,9-14,16-20H2,1-2H3. The smallest absolute Gasteiger partial charge is 0.331 e. The third kappa shape index (κ3) is 4.57. The van der Waals surface area contributed by atoms with E-state index in [1.54, 1.807) is 12.0 Å². The van der Waals surface area contributed by atoms with Gasteiger partial charge < -0.3 is 15.0 Å². The van der Waals surface area contributed by atoms with Crippen LogP contribution in [0.4, 0.5) is 16.2 Å². The van der Waals surface area contributed by atoms with Crippen LogP contribution in [0.25, 0.3) is 0 Å². The summed E-state index contributed by atoms with van der Waals surface area (Å²) in [4.78, 5) is 34.3. The predicted molar refractivity (Wildman–Crippen MR) is 144 cm³/mol. The molecule has 0 aliphatic carbocycles. The first kappa shape index (κ1) is 24.2. The first-order valence-electron chi connectivity index (χ1n) is 13.5. The molecule has 0 aromatic heterocycles. The second-order valence-electron chi connectivity index (χ2n) is 11.2. The summed E-state index contributed by atoms with van der Waals surface area (Å²) < 4.78 is 5.22. The molecule has 8 nitrogen and oxygen atoms in total. The van der Waals surface area contributed by atoms with Crippen LogP contribution in [0.2, 0.25) is 0 Å². The Morgan fingerprint density at radius 3 is 2.41 bits per heavy atom. The number of rotatable bonds is 6. The lowest BCUT2D eigenvalue weighted by Gasteiger charge is -2.63. The highest BCUT2D eigenvalue weighted by Gasteiger charge is 2.53. The predicted octanol–water partition coefficient (Wildman–Crippen LogP) is 3.24. The maximum absolute atomic E-state index is 13.4. The summed E-state index contributed by atoms with van der Waals surface area (Å²) in [5.41, 5.74) is 4.54. The molecule has 0 atom stereocenters. The summed E-state index contributed by atoms with van der Waals surface area (Å²) in [7, 11) is 1.62. The SMILES string of the molecule is COc1ccc(CN2C(=O)CCN(c3ccc(N4CC5(C4)CN(C4CCNCC4)C5)cc3C)C2=O)cc1. The molecule has 4 fully saturated rings. The van der Waals surface area contributed by atoms with Crippen LogP contribution >= 0.6 is 0 Å². The molecule has 2 aromatic rings. The van der Waals surface area contributed by atoms with E-state index < -0.39 is 0 Å². The summed E-state index contributed by atoms with van der Waals surface area (Å²) in [5, 5.41) is 3.47. The second-order valence-corrected chi connectivity index (χ2v) is 11.2. The number of aryl methyl sites for hydroxylation is 1. The molecule has 1 N–H and O–H groups in total. The topological polar surface area (TPSA) is 68.4 Å². The van der Waals surface area contributed by atoms with Gasteiger partial charge in [-0.15, -0.1) is 0 Å². The molecule has 1 spiro atoms. The molecule has 8 heteroatoms. The zero-order valence-corrected chi connectivity index (χ0v) is 21.9. The van der Waals surface area contributed by atoms with Crippen molar-refractivity contribution in [2.45, 2.75) is 38.8 Å². The number of benzene rings is 2. The Balaban J connectivity index is 1.08. The normalized spacial score (nSPS) is 22.3. The average Bonchev–Trinajstić information content (AvgIpc) is 2.86. The number of hydrogen-bond acceptors (Lipinski definition) is 6. The van der Waals surface area contributed by atoms with Crippen LogP contribution in [-0.4, -0.2) is 80.7 Å². The van der Waals surface area contributed by atoms with Crippen LogP contribution in [0.1, 0.15) is 30.4 Å². The molecule has 0 bridgehead atoms. The van der Waals surface area contributed by atoms with E-state index in [4.69, 9.17) is 4.74 Å². The van der Waals surface area contributed by atoms with Gasteiger partial charge in [-0.05, 0) is 74.3 Å². The van der Waals surface area contributed by atoms with Crippen LogP contribution in [0.15, 0.2) is 42.5 Å². The van der Waals surface area contributed by atoms with Gasteiger partial charge in [0.25, 0.3) is 0 Å². The third-order valence-corrected chi connectivity index (χ3v) is 8.60. The fourth-order valence-electron chi connectivity index (χ4n) is 6.51. The van der Waals surface area contributed by atoms with E-state index in [1.165, 1.54) is 36.5 Å². The molecule has 0 radical (unpaired) electrons. The van der Waals surface area contributed by atoms with Gasteiger partial charge in [0, 0.05) is 62.0 Å². The molecular weight excluding hydrogens is 466 g/mol. The van der Waals surface area contributed by atoms with Crippen molar-refractivity contribution in [1.29, 1.82) is 0 Å². The highest BCUT2D eigenvalue weighted by molar-refractivity contribution is 6.06. The summed E-state index contributed by atoms with van der Waals surface area (Å²) in [6.45, 7) is 9.72. The molecule has 3 amide bonds. The molecule has 4 aliphatic rings. The molecule has 4 saturated heterocycles. The van der Waals surface area contributed by atoms with Gasteiger partial charge >= 0.3 is 6.03 Å². The molecule has 37 heavy (non-hydrogen) atoms. The largest absolute Gasteiger partial charge is 0.497 e. The van der Waals surface area contributed by atoms with Gasteiger partial charge in [-0.3, -0.25) is 19.5 Å².